The van der Waals surface area contributed by atoms with Crippen molar-refractivity contribution in [3.05, 3.63) is 105 Å². The van der Waals surface area contributed by atoms with Gasteiger partial charge in [0.25, 0.3) is 11.6 Å². The van der Waals surface area contributed by atoms with Crippen molar-refractivity contribution in [2.75, 3.05) is 19.5 Å². The van der Waals surface area contributed by atoms with Crippen LogP contribution in [-0.4, -0.2) is 70.9 Å². The number of rotatable bonds is 12. The number of hydrogen-bond donors (Lipinski definition) is 2. The summed E-state index contributed by atoms with van der Waals surface area (Å²) in [6, 6.07) is 22.0. The fraction of sp³-hybridized carbons (Fsp3) is 0.361. The van der Waals surface area contributed by atoms with Crippen molar-refractivity contribution in [2.24, 2.45) is 0 Å². The van der Waals surface area contributed by atoms with Gasteiger partial charge in [0.05, 0.1) is 13.0 Å². The lowest BCUT2D eigenvalue weighted by Crippen LogP contribution is -2.80. The second kappa shape index (κ2) is 15.5. The second-order valence-corrected chi connectivity index (χ2v) is 14.9. The van der Waals surface area contributed by atoms with Crippen molar-refractivity contribution < 1.29 is 42.9 Å². The van der Waals surface area contributed by atoms with E-state index in [4.69, 9.17) is 18.9 Å². The lowest BCUT2D eigenvalue weighted by molar-refractivity contribution is -0.193. The van der Waals surface area contributed by atoms with E-state index in [1.54, 1.807) is 32.9 Å². The van der Waals surface area contributed by atoms with Gasteiger partial charge in [-0.05, 0) is 44.0 Å². The van der Waals surface area contributed by atoms with E-state index < -0.39 is 52.7 Å². The van der Waals surface area contributed by atoms with Crippen LogP contribution < -0.4 is 10.6 Å². The molecule has 0 bridgehead atoms. The van der Waals surface area contributed by atoms with Crippen LogP contribution in [0, 0.1) is 0 Å². The Hall–Kier alpha value is -4.66. The van der Waals surface area contributed by atoms with Crippen LogP contribution in [-0.2, 0) is 51.1 Å². The molecule has 3 amide bonds. The zero-order valence-electron chi connectivity index (χ0n) is 28.3. The molecule has 1 aromatic heterocycles. The van der Waals surface area contributed by atoms with Gasteiger partial charge >= 0.3 is 18.0 Å². The number of carbonyl (C=O) groups is 5. The number of carbonyl (C=O) groups excluding carboxylic acids is 5. The first-order valence-corrected chi connectivity index (χ1v) is 17.7. The zero-order chi connectivity index (χ0) is 36.1. The van der Waals surface area contributed by atoms with Crippen LogP contribution in [0.5, 0.6) is 0 Å². The van der Waals surface area contributed by atoms with Gasteiger partial charge in [-0.15, -0.1) is 23.1 Å². The molecule has 14 heteroatoms. The number of thioether (sulfide) groups is 1. The Balaban J connectivity index is 1.33. The fourth-order valence-corrected chi connectivity index (χ4v) is 7.85. The van der Waals surface area contributed by atoms with Gasteiger partial charge in [-0.1, -0.05) is 60.7 Å². The molecule has 2 aromatic carbocycles. The molecule has 2 aliphatic heterocycles. The number of amides is 3. The van der Waals surface area contributed by atoms with Crippen LogP contribution in [0.3, 0.4) is 0 Å². The maximum absolute atomic E-state index is 14.1. The number of thiophene rings is 1. The Bertz CT molecular complexity index is 1730. The summed E-state index contributed by atoms with van der Waals surface area (Å²) in [6.07, 6.45) is -1.39. The molecule has 264 valence electrons. The smallest absolute Gasteiger partial charge is 0.407 e. The van der Waals surface area contributed by atoms with Crippen molar-refractivity contribution in [2.45, 2.75) is 63.5 Å². The van der Waals surface area contributed by atoms with Gasteiger partial charge in [0, 0.05) is 35.1 Å². The molecule has 0 unspecified atom stereocenters. The molecule has 0 spiro atoms. The summed E-state index contributed by atoms with van der Waals surface area (Å²) in [6.45, 7) is 6.59. The molecule has 2 N–H and O–H groups in total. The number of ether oxygens (including phenoxy) is 4. The maximum Gasteiger partial charge on any atom is 0.407 e. The van der Waals surface area contributed by atoms with Crippen molar-refractivity contribution >= 4 is 52.9 Å². The van der Waals surface area contributed by atoms with Gasteiger partial charge in [0.2, 0.25) is 5.91 Å². The third kappa shape index (κ3) is 8.37. The van der Waals surface area contributed by atoms with Crippen LogP contribution in [0.25, 0.3) is 0 Å². The molecular weight excluding hydrogens is 683 g/mol. The number of methoxy groups -OCH3 is 1. The van der Waals surface area contributed by atoms with Gasteiger partial charge < -0.3 is 29.6 Å². The molecule has 50 heavy (non-hydrogen) atoms. The predicted molar refractivity (Wildman–Crippen MR) is 187 cm³/mol. The van der Waals surface area contributed by atoms with Crippen LogP contribution in [0.4, 0.5) is 4.79 Å². The molecule has 12 nitrogen and oxygen atoms in total. The highest BCUT2D eigenvalue weighted by Gasteiger charge is 2.66. The maximum atomic E-state index is 14.1. The summed E-state index contributed by atoms with van der Waals surface area (Å²) < 4.78 is 22.3. The molecular formula is C36H39N3O9S2. The van der Waals surface area contributed by atoms with E-state index in [1.807, 2.05) is 60.7 Å². The van der Waals surface area contributed by atoms with Crippen LogP contribution in [0.1, 0.15) is 54.7 Å². The van der Waals surface area contributed by atoms with E-state index in [0.29, 0.717) is 10.5 Å². The van der Waals surface area contributed by atoms with Gasteiger partial charge in [-0.3, -0.25) is 19.3 Å². The highest BCUT2D eigenvalue weighted by atomic mass is 32.2. The number of alkyl carbamates (subject to hydrolysis) is 1. The van der Waals surface area contributed by atoms with Gasteiger partial charge in [-0.2, -0.15) is 0 Å². The number of β-lactam (4-membered cyclic amide) rings is 1. The van der Waals surface area contributed by atoms with Crippen molar-refractivity contribution in [3.8, 4) is 0 Å². The first-order valence-electron chi connectivity index (χ1n) is 15.8. The standard InChI is InChI=1S/C36H39N3O9S2/c1-22(40)46-20-25-21-49-33-36(45-5,38-28(41)18-26-16-17-27(50-26)19-37-34(44)48-35(2,3)4)32(43)39(33)29(25)31(42)47-30(23-12-8-6-9-13-23)24-14-10-7-11-15-24/h6-17,30,33H,18-21H2,1-5H3,(H,37,44)(H,38,41)/t33-,36-/m0/s1. The molecule has 0 aliphatic carbocycles. The number of esters is 2. The fourth-order valence-electron chi connectivity index (χ4n) is 5.47. The van der Waals surface area contributed by atoms with Crippen LogP contribution >= 0.6 is 23.1 Å². The van der Waals surface area contributed by atoms with E-state index in [2.05, 4.69) is 10.6 Å². The minimum Gasteiger partial charge on any atom is -0.461 e. The Kier molecular flexibility index (Phi) is 11.3. The molecule has 1 fully saturated rings. The summed E-state index contributed by atoms with van der Waals surface area (Å²) >= 11 is 2.60. The lowest BCUT2D eigenvalue weighted by Gasteiger charge is -2.56. The molecule has 1 saturated heterocycles. The first-order chi connectivity index (χ1) is 23.8. The van der Waals surface area contributed by atoms with Gasteiger partial charge in [-0.25, -0.2) is 9.59 Å². The van der Waals surface area contributed by atoms with E-state index >= 15 is 0 Å². The zero-order valence-corrected chi connectivity index (χ0v) is 30.0. The number of nitrogens with zero attached hydrogens (tertiary/aromatic N) is 1. The summed E-state index contributed by atoms with van der Waals surface area (Å²) in [5.74, 6) is -2.27. The molecule has 2 aliphatic rings. The topological polar surface area (TPSA) is 150 Å². The summed E-state index contributed by atoms with van der Waals surface area (Å²) in [5.41, 5.74) is -0.597. The van der Waals surface area contributed by atoms with Crippen molar-refractivity contribution in [3.63, 3.8) is 0 Å². The molecule has 3 aromatic rings. The van der Waals surface area contributed by atoms with Crippen molar-refractivity contribution in [1.82, 2.24) is 15.5 Å². The predicted octanol–water partition coefficient (Wildman–Crippen LogP) is 4.84. The van der Waals surface area contributed by atoms with E-state index in [9.17, 15) is 24.0 Å². The monoisotopic (exact) mass is 721 g/mol. The minimum absolute atomic E-state index is 0.0504. The summed E-state index contributed by atoms with van der Waals surface area (Å²) in [7, 11) is 1.32. The third-order valence-corrected chi connectivity index (χ3v) is 10.1. The van der Waals surface area contributed by atoms with Crippen molar-refractivity contribution in [1.29, 1.82) is 0 Å². The van der Waals surface area contributed by atoms with Gasteiger partial charge in [0.15, 0.2) is 6.10 Å². The highest BCUT2D eigenvalue weighted by Crippen LogP contribution is 2.47. The summed E-state index contributed by atoms with van der Waals surface area (Å²) in [5, 5.41) is 4.65. The highest BCUT2D eigenvalue weighted by molar-refractivity contribution is 8.00. The van der Waals surface area contributed by atoms with E-state index in [1.165, 1.54) is 42.0 Å². The number of fused-ring (bicyclic) bond motifs is 1. The van der Waals surface area contributed by atoms with Gasteiger partial charge in [0.1, 0.15) is 23.3 Å². The summed E-state index contributed by atoms with van der Waals surface area (Å²) in [4.78, 5) is 67.9. The average molecular weight is 722 g/mol. The minimum atomic E-state index is -1.75. The number of benzene rings is 2. The Morgan fingerprint density at radius 3 is 2.16 bits per heavy atom. The third-order valence-electron chi connectivity index (χ3n) is 7.69. The van der Waals surface area contributed by atoms with E-state index in [0.717, 1.165) is 16.0 Å². The molecule has 3 heterocycles. The Morgan fingerprint density at radius 2 is 1.58 bits per heavy atom. The quantitative estimate of drug-likeness (QED) is 0.115. The average Bonchev–Trinajstić information content (AvgIpc) is 3.53. The van der Waals surface area contributed by atoms with Crippen LogP contribution in [0.2, 0.25) is 0 Å². The second-order valence-electron chi connectivity index (χ2n) is 12.6. The first kappa shape index (κ1) is 36.6. The Morgan fingerprint density at radius 1 is 0.960 bits per heavy atom. The largest absolute Gasteiger partial charge is 0.461 e. The number of hydrogen-bond acceptors (Lipinski definition) is 11. The number of nitrogens with one attached hydrogen (secondary N) is 2. The molecule has 5 rings (SSSR count). The normalized spacial score (nSPS) is 18.6. The molecule has 2 atom stereocenters. The SMILES string of the molecule is CO[C@@]1(NC(=O)Cc2ccc(CNC(=O)OC(C)(C)C)s2)C(=O)N2C(C(=O)OC(c3ccccc3)c3ccccc3)=C(COC(C)=O)CS[C@H]21. The molecule has 0 saturated carbocycles. The van der Waals surface area contributed by atoms with Crippen LogP contribution in [0.15, 0.2) is 84.1 Å². The Labute approximate surface area is 298 Å². The lowest BCUT2D eigenvalue weighted by atomic mass is 9.97. The van der Waals surface area contributed by atoms with E-state index in [-0.39, 0.29) is 31.0 Å². The molecule has 0 radical (unpaired) electrons.